The lowest BCUT2D eigenvalue weighted by molar-refractivity contribution is -0.143. The molecule has 0 saturated heterocycles. The van der Waals surface area contributed by atoms with E-state index in [0.717, 1.165) is 0 Å². The molecule has 114 valence electrons. The van der Waals surface area contributed by atoms with E-state index in [0.29, 0.717) is 24.6 Å². The zero-order chi connectivity index (χ0) is 14.7. The average Bonchev–Trinajstić information content (AvgIpc) is 2.38. The predicted octanol–water partition coefficient (Wildman–Crippen LogP) is 0.481. The van der Waals surface area contributed by atoms with Gasteiger partial charge in [-0.3, -0.25) is 5.32 Å². The third kappa shape index (κ3) is 11.4. The van der Waals surface area contributed by atoms with E-state index in [2.05, 4.69) is 35.9 Å². The van der Waals surface area contributed by atoms with Crippen molar-refractivity contribution >= 4 is 31.4 Å². The first-order valence-corrected chi connectivity index (χ1v) is 7.33. The highest BCUT2D eigenvalue weighted by molar-refractivity contribution is 7.80. The summed E-state index contributed by atoms with van der Waals surface area (Å²) in [5.41, 5.74) is -0.387. The normalized spacial score (nSPS) is 13.1. The molecule has 0 aliphatic carbocycles. The summed E-state index contributed by atoms with van der Waals surface area (Å²) in [5.74, 6) is 1.17. The van der Waals surface area contributed by atoms with Crippen LogP contribution in [0.15, 0.2) is 0 Å². The van der Waals surface area contributed by atoms with Gasteiger partial charge in [-0.2, -0.15) is 25.3 Å². The van der Waals surface area contributed by atoms with E-state index in [-0.39, 0.29) is 18.6 Å². The van der Waals surface area contributed by atoms with E-state index < -0.39 is 12.5 Å². The maximum absolute atomic E-state index is 11.2. The van der Waals surface area contributed by atoms with Gasteiger partial charge < -0.3 is 19.9 Å². The molecule has 19 heavy (non-hydrogen) atoms. The molecule has 0 aliphatic heterocycles. The van der Waals surface area contributed by atoms with Crippen molar-refractivity contribution in [3.05, 3.63) is 0 Å². The summed E-state index contributed by atoms with van der Waals surface area (Å²) in [4.78, 5) is 11.2. The highest BCUT2D eigenvalue weighted by atomic mass is 32.1. The smallest absolute Gasteiger partial charge is 0.407 e. The largest absolute Gasteiger partial charge is 0.449 e. The van der Waals surface area contributed by atoms with Crippen LogP contribution in [-0.4, -0.2) is 55.4 Å². The summed E-state index contributed by atoms with van der Waals surface area (Å²) in [7, 11) is 0. The molecule has 0 radical (unpaired) electrons. The number of hydrogen-bond donors (Lipinski definition) is 5. The lowest BCUT2D eigenvalue weighted by Crippen LogP contribution is -2.38. The molecule has 1 amide bonds. The highest BCUT2D eigenvalue weighted by Crippen LogP contribution is 2.16. The van der Waals surface area contributed by atoms with Gasteiger partial charge in [-0.05, 0) is 0 Å². The summed E-state index contributed by atoms with van der Waals surface area (Å²) >= 11 is 7.98. The van der Waals surface area contributed by atoms with Crippen molar-refractivity contribution < 1.29 is 19.4 Å². The van der Waals surface area contributed by atoms with Gasteiger partial charge in [-0.15, -0.1) is 0 Å². The molecule has 0 aliphatic rings. The van der Waals surface area contributed by atoms with Crippen molar-refractivity contribution in [2.75, 3.05) is 37.8 Å². The number of nitrogens with one attached hydrogen (secondary N) is 2. The van der Waals surface area contributed by atoms with E-state index in [1.165, 1.54) is 0 Å². The molecule has 0 aromatic carbocycles. The summed E-state index contributed by atoms with van der Waals surface area (Å²) in [6, 6.07) is 0. The van der Waals surface area contributed by atoms with Crippen LogP contribution in [0.2, 0.25) is 0 Å². The van der Waals surface area contributed by atoms with Gasteiger partial charge in [0.05, 0.1) is 6.61 Å². The Hall–Kier alpha value is -0.150. The maximum Gasteiger partial charge on any atom is 0.407 e. The van der Waals surface area contributed by atoms with E-state index in [1.807, 2.05) is 13.8 Å². The predicted molar refractivity (Wildman–Crippen MR) is 80.8 cm³/mol. The Morgan fingerprint density at radius 1 is 1.26 bits per heavy atom. The number of rotatable bonds is 10. The van der Waals surface area contributed by atoms with Crippen molar-refractivity contribution in [2.24, 2.45) is 5.41 Å². The van der Waals surface area contributed by atoms with Gasteiger partial charge in [0.1, 0.15) is 6.61 Å². The molecule has 0 heterocycles. The zero-order valence-corrected chi connectivity index (χ0v) is 13.2. The summed E-state index contributed by atoms with van der Waals surface area (Å²) in [6.07, 6.45) is -1.51. The van der Waals surface area contributed by atoms with Crippen LogP contribution in [0.1, 0.15) is 13.8 Å². The second-order valence-electron chi connectivity index (χ2n) is 4.73. The van der Waals surface area contributed by atoms with Crippen LogP contribution in [0.25, 0.3) is 0 Å². The van der Waals surface area contributed by atoms with Gasteiger partial charge in [0, 0.05) is 30.0 Å². The third-order valence-electron chi connectivity index (χ3n) is 2.04. The maximum atomic E-state index is 11.2. The van der Waals surface area contributed by atoms with Gasteiger partial charge >= 0.3 is 6.09 Å². The number of hydrogen-bond acceptors (Lipinski definition) is 7. The summed E-state index contributed by atoms with van der Waals surface area (Å²) < 4.78 is 10.3. The molecule has 8 heteroatoms. The highest BCUT2D eigenvalue weighted by Gasteiger charge is 2.22. The molecule has 1 atom stereocenters. The molecule has 3 N–H and O–H groups in total. The van der Waals surface area contributed by atoms with E-state index in [1.54, 1.807) is 0 Å². The Labute approximate surface area is 125 Å². The molecule has 6 nitrogen and oxygen atoms in total. The van der Waals surface area contributed by atoms with Gasteiger partial charge in [0.15, 0.2) is 0 Å². The molecule has 0 aromatic heterocycles. The van der Waals surface area contributed by atoms with Crippen molar-refractivity contribution in [1.29, 1.82) is 0 Å². The summed E-state index contributed by atoms with van der Waals surface area (Å²) in [5, 5.41) is 14.7. The molecular weight excluding hydrogens is 288 g/mol. The third-order valence-corrected chi connectivity index (χ3v) is 2.49. The number of amides is 1. The minimum Gasteiger partial charge on any atom is -0.449 e. The number of thiol groups is 2. The quantitative estimate of drug-likeness (QED) is 0.299. The number of aliphatic hydroxyl groups is 1. The van der Waals surface area contributed by atoms with Crippen LogP contribution >= 0.6 is 25.3 Å². The van der Waals surface area contributed by atoms with Crippen LogP contribution < -0.4 is 10.6 Å². The number of carbonyl (C=O) groups is 1. The fraction of sp³-hybridized carbons (Fsp3) is 0.909. The van der Waals surface area contributed by atoms with Crippen LogP contribution in [0, 0.1) is 5.41 Å². The Balaban J connectivity index is 3.81. The molecule has 0 spiro atoms. The lowest BCUT2D eigenvalue weighted by atomic mass is 9.96. The Morgan fingerprint density at radius 3 is 2.47 bits per heavy atom. The van der Waals surface area contributed by atoms with Crippen LogP contribution in [-0.2, 0) is 9.47 Å². The average molecular weight is 312 g/mol. The number of carbonyl (C=O) groups excluding carboxylic acids is 1. The lowest BCUT2D eigenvalue weighted by Gasteiger charge is -2.25. The fourth-order valence-corrected chi connectivity index (χ4v) is 1.30. The Morgan fingerprint density at radius 2 is 1.89 bits per heavy atom. The van der Waals surface area contributed by atoms with E-state index >= 15 is 0 Å². The van der Waals surface area contributed by atoms with Crippen LogP contribution in [0.3, 0.4) is 0 Å². The molecule has 1 unspecified atom stereocenters. The first kappa shape index (κ1) is 18.9. The first-order chi connectivity index (χ1) is 8.91. The molecule has 0 fully saturated rings. The van der Waals surface area contributed by atoms with Gasteiger partial charge in [0.25, 0.3) is 0 Å². The van der Waals surface area contributed by atoms with Gasteiger partial charge in [0.2, 0.25) is 6.41 Å². The minimum atomic E-state index is -1.04. The topological polar surface area (TPSA) is 79.8 Å². The van der Waals surface area contributed by atoms with Crippen molar-refractivity contribution in [3.8, 4) is 0 Å². The number of alkyl carbamates (subject to hydrolysis) is 1. The number of ether oxygens (including phenoxy) is 2. The standard InChI is InChI=1S/C11H24N2O4S2/c1-11(2,7-16-9(14)12-3-5-18)8-17-10(15)13-4-6-19/h9,12,14,18-19H,3-8H2,1-2H3,(H,13,15). The van der Waals surface area contributed by atoms with Crippen LogP contribution in [0.4, 0.5) is 4.79 Å². The zero-order valence-electron chi connectivity index (χ0n) is 11.4. The molecule has 0 aromatic rings. The van der Waals surface area contributed by atoms with E-state index in [9.17, 15) is 9.90 Å². The summed E-state index contributed by atoms with van der Waals surface area (Å²) in [6.45, 7) is 5.23. The second kappa shape index (κ2) is 10.6. The number of aliphatic hydroxyl groups excluding tert-OH is 1. The first-order valence-electron chi connectivity index (χ1n) is 6.06. The van der Waals surface area contributed by atoms with Gasteiger partial charge in [-0.25, -0.2) is 4.79 Å². The SMILES string of the molecule is CC(C)(COC(=O)NCCS)COC(O)NCCS. The Bertz CT molecular complexity index is 255. The van der Waals surface area contributed by atoms with Crippen molar-refractivity contribution in [1.82, 2.24) is 10.6 Å². The fourth-order valence-electron chi connectivity index (χ4n) is 1.06. The van der Waals surface area contributed by atoms with E-state index in [4.69, 9.17) is 9.47 Å². The van der Waals surface area contributed by atoms with Crippen molar-refractivity contribution in [3.63, 3.8) is 0 Å². The molecule has 0 rings (SSSR count). The minimum absolute atomic E-state index is 0.199. The van der Waals surface area contributed by atoms with Crippen molar-refractivity contribution in [2.45, 2.75) is 20.3 Å². The monoisotopic (exact) mass is 312 g/mol. The molecule has 0 bridgehead atoms. The molecular formula is C11H24N2O4S2. The second-order valence-corrected chi connectivity index (χ2v) is 5.63. The Kier molecular flexibility index (Phi) is 10.5. The van der Waals surface area contributed by atoms with Crippen LogP contribution in [0.5, 0.6) is 0 Å². The molecule has 0 saturated carbocycles. The van der Waals surface area contributed by atoms with Gasteiger partial charge in [-0.1, -0.05) is 13.8 Å².